The lowest BCUT2D eigenvalue weighted by Gasteiger charge is -2.00. The zero-order valence-corrected chi connectivity index (χ0v) is 7.77. The maximum atomic E-state index is 4.11. The van der Waals surface area contributed by atoms with Crippen molar-refractivity contribution in [3.8, 4) is 0 Å². The second kappa shape index (κ2) is 4.38. The van der Waals surface area contributed by atoms with E-state index in [0.717, 1.165) is 11.7 Å². The molecule has 0 N–H and O–H groups in total. The van der Waals surface area contributed by atoms with Gasteiger partial charge in [-0.1, -0.05) is 25.1 Å². The van der Waals surface area contributed by atoms with E-state index in [-0.39, 0.29) is 0 Å². The minimum atomic E-state index is 0.993. The summed E-state index contributed by atoms with van der Waals surface area (Å²) < 4.78 is 1.95. The zero-order valence-electron chi connectivity index (χ0n) is 6.95. The van der Waals surface area contributed by atoms with Crippen LogP contribution < -0.4 is 0 Å². The van der Waals surface area contributed by atoms with E-state index in [1.807, 2.05) is 10.9 Å². The summed E-state index contributed by atoms with van der Waals surface area (Å²) in [5, 5.41) is 5.12. The summed E-state index contributed by atoms with van der Waals surface area (Å²) in [7, 11) is 0. The quantitative estimate of drug-likeness (QED) is 0.647. The van der Waals surface area contributed by atoms with Crippen LogP contribution in [0.15, 0.2) is 11.5 Å². The van der Waals surface area contributed by atoms with Crippen molar-refractivity contribution in [3.05, 3.63) is 6.33 Å². The van der Waals surface area contributed by atoms with Crippen molar-refractivity contribution < 1.29 is 0 Å². The van der Waals surface area contributed by atoms with Crippen molar-refractivity contribution in [2.24, 2.45) is 0 Å². The van der Waals surface area contributed by atoms with Gasteiger partial charge in [0.2, 0.25) is 0 Å². The smallest absolute Gasteiger partial charge is 0.185 e. The average molecular weight is 171 g/mol. The Morgan fingerprint density at radius 3 is 3.09 bits per heavy atom. The fourth-order valence-corrected chi connectivity index (χ4v) is 1.37. The molecule has 0 aromatic carbocycles. The molecule has 62 valence electrons. The summed E-state index contributed by atoms with van der Waals surface area (Å²) >= 11 is 1.64. The molecule has 0 saturated carbocycles. The predicted octanol–water partition coefficient (Wildman–Crippen LogP) is 1.80. The Balaban J connectivity index is 2.54. The average Bonchev–Trinajstić information content (AvgIpc) is 2.47. The Morgan fingerprint density at radius 1 is 1.64 bits per heavy atom. The molecule has 0 fully saturated rings. The van der Waals surface area contributed by atoms with Crippen molar-refractivity contribution in [1.29, 1.82) is 0 Å². The van der Waals surface area contributed by atoms with Gasteiger partial charge < -0.3 is 0 Å². The molecule has 0 radical (unpaired) electrons. The van der Waals surface area contributed by atoms with Gasteiger partial charge in [0.15, 0.2) is 5.16 Å². The summed E-state index contributed by atoms with van der Waals surface area (Å²) in [6.45, 7) is 3.17. The maximum absolute atomic E-state index is 4.11. The topological polar surface area (TPSA) is 30.7 Å². The first-order chi connectivity index (χ1) is 5.38. The zero-order chi connectivity index (χ0) is 8.10. The molecule has 3 nitrogen and oxygen atoms in total. The normalized spacial score (nSPS) is 10.4. The lowest BCUT2D eigenvalue weighted by molar-refractivity contribution is 0.528. The summed E-state index contributed by atoms with van der Waals surface area (Å²) in [6, 6.07) is 0. The summed E-state index contributed by atoms with van der Waals surface area (Å²) in [6.07, 6.45) is 6.01. The molecule has 1 aromatic rings. The van der Waals surface area contributed by atoms with Crippen LogP contribution in [-0.4, -0.2) is 21.0 Å². The molecule has 0 spiro atoms. The Labute approximate surface area is 71.2 Å². The van der Waals surface area contributed by atoms with Gasteiger partial charge in [-0.05, 0) is 12.7 Å². The van der Waals surface area contributed by atoms with Crippen LogP contribution in [0.5, 0.6) is 0 Å². The third-order valence-corrected chi connectivity index (χ3v) is 2.17. The van der Waals surface area contributed by atoms with Gasteiger partial charge in [-0.15, -0.1) is 0 Å². The van der Waals surface area contributed by atoms with Gasteiger partial charge in [-0.2, -0.15) is 5.10 Å². The molecule has 0 atom stereocenters. The molecule has 0 amide bonds. The van der Waals surface area contributed by atoms with Crippen LogP contribution in [0.3, 0.4) is 0 Å². The van der Waals surface area contributed by atoms with E-state index >= 15 is 0 Å². The largest absolute Gasteiger partial charge is 0.241 e. The Kier molecular flexibility index (Phi) is 3.42. The van der Waals surface area contributed by atoms with E-state index in [4.69, 9.17) is 0 Å². The number of hydrogen-bond acceptors (Lipinski definition) is 3. The highest BCUT2D eigenvalue weighted by molar-refractivity contribution is 7.98. The van der Waals surface area contributed by atoms with E-state index in [1.165, 1.54) is 12.8 Å². The Morgan fingerprint density at radius 2 is 2.45 bits per heavy atom. The van der Waals surface area contributed by atoms with Crippen molar-refractivity contribution >= 4 is 11.8 Å². The standard InChI is InChI=1S/C7H13N3S/c1-3-4-5-10-7(11-2)8-6-9-10/h6H,3-5H2,1-2H3. The maximum Gasteiger partial charge on any atom is 0.185 e. The van der Waals surface area contributed by atoms with E-state index in [0.29, 0.717) is 0 Å². The molecule has 0 bridgehead atoms. The van der Waals surface area contributed by atoms with Crippen LogP contribution in [0.25, 0.3) is 0 Å². The van der Waals surface area contributed by atoms with Crippen LogP contribution in [0.4, 0.5) is 0 Å². The first kappa shape index (κ1) is 8.59. The lowest BCUT2D eigenvalue weighted by Crippen LogP contribution is -2.00. The van der Waals surface area contributed by atoms with Crippen LogP contribution in [0, 0.1) is 0 Å². The molecular formula is C7H13N3S. The highest BCUT2D eigenvalue weighted by Crippen LogP contribution is 2.09. The van der Waals surface area contributed by atoms with E-state index in [2.05, 4.69) is 17.0 Å². The van der Waals surface area contributed by atoms with Gasteiger partial charge in [0.05, 0.1) is 0 Å². The summed E-state index contributed by atoms with van der Waals surface area (Å²) in [4.78, 5) is 4.10. The molecule has 1 rings (SSSR count). The number of nitrogens with zero attached hydrogens (tertiary/aromatic N) is 3. The van der Waals surface area contributed by atoms with Crippen LogP contribution in [0.1, 0.15) is 19.8 Å². The minimum Gasteiger partial charge on any atom is -0.241 e. The third kappa shape index (κ3) is 2.22. The van der Waals surface area contributed by atoms with Crippen molar-refractivity contribution in [3.63, 3.8) is 0 Å². The monoisotopic (exact) mass is 171 g/mol. The molecular weight excluding hydrogens is 158 g/mol. The number of hydrogen-bond donors (Lipinski definition) is 0. The van der Waals surface area contributed by atoms with Gasteiger partial charge in [-0.25, -0.2) is 9.67 Å². The number of unbranched alkanes of at least 4 members (excludes halogenated alkanes) is 1. The highest BCUT2D eigenvalue weighted by atomic mass is 32.2. The van der Waals surface area contributed by atoms with Crippen LogP contribution in [0.2, 0.25) is 0 Å². The second-order valence-electron chi connectivity index (χ2n) is 2.32. The van der Waals surface area contributed by atoms with Gasteiger partial charge in [-0.3, -0.25) is 0 Å². The molecule has 11 heavy (non-hydrogen) atoms. The minimum absolute atomic E-state index is 0.993. The Bertz CT molecular complexity index is 209. The number of aryl methyl sites for hydroxylation is 1. The van der Waals surface area contributed by atoms with Crippen molar-refractivity contribution in [1.82, 2.24) is 14.8 Å². The van der Waals surface area contributed by atoms with Gasteiger partial charge >= 0.3 is 0 Å². The first-order valence-electron chi connectivity index (χ1n) is 3.80. The molecule has 0 aliphatic carbocycles. The fraction of sp³-hybridized carbons (Fsp3) is 0.714. The first-order valence-corrected chi connectivity index (χ1v) is 5.02. The van der Waals surface area contributed by atoms with Gasteiger partial charge in [0, 0.05) is 6.54 Å². The third-order valence-electron chi connectivity index (χ3n) is 1.49. The molecule has 1 aromatic heterocycles. The highest BCUT2D eigenvalue weighted by Gasteiger charge is 1.99. The van der Waals surface area contributed by atoms with Gasteiger partial charge in [0.1, 0.15) is 6.33 Å². The molecule has 0 saturated heterocycles. The number of thioether (sulfide) groups is 1. The molecule has 0 unspecified atom stereocenters. The second-order valence-corrected chi connectivity index (χ2v) is 3.10. The SMILES string of the molecule is CCCCn1ncnc1SC. The van der Waals surface area contributed by atoms with E-state index in [1.54, 1.807) is 18.1 Å². The predicted molar refractivity (Wildman–Crippen MR) is 46.7 cm³/mol. The van der Waals surface area contributed by atoms with Gasteiger partial charge in [0.25, 0.3) is 0 Å². The van der Waals surface area contributed by atoms with Crippen molar-refractivity contribution in [2.45, 2.75) is 31.5 Å². The molecule has 0 aliphatic rings. The van der Waals surface area contributed by atoms with Crippen molar-refractivity contribution in [2.75, 3.05) is 6.26 Å². The number of rotatable bonds is 4. The summed E-state index contributed by atoms with van der Waals surface area (Å²) in [5.41, 5.74) is 0. The molecule has 0 aliphatic heterocycles. The fourth-order valence-electron chi connectivity index (χ4n) is 0.873. The lowest BCUT2D eigenvalue weighted by atomic mass is 10.3. The Hall–Kier alpha value is -0.510. The van der Waals surface area contributed by atoms with E-state index in [9.17, 15) is 0 Å². The summed E-state index contributed by atoms with van der Waals surface area (Å²) in [5.74, 6) is 0. The molecule has 4 heteroatoms. The molecule has 1 heterocycles. The number of aromatic nitrogens is 3. The van der Waals surface area contributed by atoms with E-state index < -0.39 is 0 Å². The van der Waals surface area contributed by atoms with Crippen LogP contribution >= 0.6 is 11.8 Å². The van der Waals surface area contributed by atoms with Crippen LogP contribution in [-0.2, 0) is 6.54 Å².